The molecule has 6 heteroatoms. The lowest BCUT2D eigenvalue weighted by Gasteiger charge is -2.34. The highest BCUT2D eigenvalue weighted by atomic mass is 16.5. The van der Waals surface area contributed by atoms with Gasteiger partial charge in [-0.25, -0.2) is 0 Å². The van der Waals surface area contributed by atoms with E-state index in [0.29, 0.717) is 18.0 Å². The second kappa shape index (κ2) is 8.34. The Morgan fingerprint density at radius 3 is 2.72 bits per heavy atom. The zero-order valence-corrected chi connectivity index (χ0v) is 14.8. The number of para-hydroxylation sites is 2. The standard InChI is InChI=1S/C19H27N3O3/c1-25-17-10-3-2-9-16(17)21-18(23)13-22-11-5-8-15(12-22)20-19(24)14-6-4-7-14/h2-3,9-10,14-15H,4-8,11-13H2,1H3,(H,20,24)(H,21,23). The van der Waals surface area contributed by atoms with Crippen molar-refractivity contribution in [3.05, 3.63) is 24.3 Å². The summed E-state index contributed by atoms with van der Waals surface area (Å²) in [5.74, 6) is 0.997. The normalized spacial score (nSPS) is 21.2. The number of carbonyl (C=O) groups is 2. The topological polar surface area (TPSA) is 70.7 Å². The third-order valence-electron chi connectivity index (χ3n) is 5.08. The number of benzene rings is 1. The van der Waals surface area contributed by atoms with E-state index in [0.717, 1.165) is 45.2 Å². The van der Waals surface area contributed by atoms with Crippen LogP contribution >= 0.6 is 0 Å². The molecule has 6 nitrogen and oxygen atoms in total. The number of piperidine rings is 1. The largest absolute Gasteiger partial charge is 0.495 e. The van der Waals surface area contributed by atoms with Crippen molar-refractivity contribution in [3.63, 3.8) is 0 Å². The minimum atomic E-state index is -0.0598. The summed E-state index contributed by atoms with van der Waals surface area (Å²) in [6.07, 6.45) is 5.19. The number of hydrogen-bond acceptors (Lipinski definition) is 4. The molecule has 1 aromatic rings. The molecule has 1 saturated heterocycles. The molecule has 2 fully saturated rings. The molecule has 0 bridgehead atoms. The summed E-state index contributed by atoms with van der Waals surface area (Å²) in [6, 6.07) is 7.54. The number of anilines is 1. The van der Waals surface area contributed by atoms with Crippen molar-refractivity contribution in [2.24, 2.45) is 5.92 Å². The van der Waals surface area contributed by atoms with Gasteiger partial charge in [-0.15, -0.1) is 0 Å². The third kappa shape index (κ3) is 4.72. The fraction of sp³-hybridized carbons (Fsp3) is 0.579. The number of hydrogen-bond donors (Lipinski definition) is 2. The van der Waals surface area contributed by atoms with Crippen LogP contribution in [0.1, 0.15) is 32.1 Å². The van der Waals surface area contributed by atoms with Gasteiger partial charge in [-0.2, -0.15) is 0 Å². The van der Waals surface area contributed by atoms with E-state index in [9.17, 15) is 9.59 Å². The summed E-state index contributed by atoms with van der Waals surface area (Å²) in [7, 11) is 1.59. The second-order valence-corrected chi connectivity index (χ2v) is 6.96. The summed E-state index contributed by atoms with van der Waals surface area (Å²) in [5, 5.41) is 6.07. The van der Waals surface area contributed by atoms with Crippen LogP contribution in [0.4, 0.5) is 5.69 Å². The Hall–Kier alpha value is -2.08. The maximum atomic E-state index is 12.3. The van der Waals surface area contributed by atoms with Gasteiger partial charge in [0.25, 0.3) is 0 Å². The molecule has 1 atom stereocenters. The van der Waals surface area contributed by atoms with Gasteiger partial charge in [0.05, 0.1) is 19.3 Å². The molecule has 2 N–H and O–H groups in total. The van der Waals surface area contributed by atoms with Crippen molar-refractivity contribution in [1.29, 1.82) is 0 Å². The zero-order chi connectivity index (χ0) is 17.6. The molecule has 1 aromatic carbocycles. The number of amides is 2. The number of rotatable bonds is 6. The van der Waals surface area contributed by atoms with Gasteiger partial charge in [0.1, 0.15) is 5.75 Å². The van der Waals surface area contributed by atoms with Gasteiger partial charge < -0.3 is 15.4 Å². The fourth-order valence-corrected chi connectivity index (χ4v) is 3.45. The summed E-state index contributed by atoms with van der Waals surface area (Å²) in [4.78, 5) is 26.6. The summed E-state index contributed by atoms with van der Waals surface area (Å²) in [6.45, 7) is 1.95. The van der Waals surface area contributed by atoms with E-state index in [1.807, 2.05) is 24.3 Å². The van der Waals surface area contributed by atoms with Crippen LogP contribution in [-0.2, 0) is 9.59 Å². The van der Waals surface area contributed by atoms with Gasteiger partial charge in [0.2, 0.25) is 11.8 Å². The predicted molar refractivity (Wildman–Crippen MR) is 96.6 cm³/mol. The van der Waals surface area contributed by atoms with Gasteiger partial charge in [0, 0.05) is 18.5 Å². The number of likely N-dealkylation sites (tertiary alicyclic amines) is 1. The molecule has 136 valence electrons. The molecule has 3 rings (SSSR count). The minimum Gasteiger partial charge on any atom is -0.495 e. The van der Waals surface area contributed by atoms with Crippen molar-refractivity contribution < 1.29 is 14.3 Å². The van der Waals surface area contributed by atoms with Gasteiger partial charge in [0.15, 0.2) is 0 Å². The number of methoxy groups -OCH3 is 1. The highest BCUT2D eigenvalue weighted by molar-refractivity contribution is 5.93. The van der Waals surface area contributed by atoms with E-state index in [1.165, 1.54) is 0 Å². The fourth-order valence-electron chi connectivity index (χ4n) is 3.45. The summed E-state index contributed by atoms with van der Waals surface area (Å²) in [5.41, 5.74) is 0.682. The van der Waals surface area contributed by atoms with Crippen LogP contribution < -0.4 is 15.4 Å². The van der Waals surface area contributed by atoms with Crippen molar-refractivity contribution in [3.8, 4) is 5.75 Å². The molecule has 2 aliphatic rings. The SMILES string of the molecule is COc1ccccc1NC(=O)CN1CCCC(NC(=O)C2CCC2)C1. The van der Waals surface area contributed by atoms with Gasteiger partial charge in [-0.3, -0.25) is 14.5 Å². The maximum absolute atomic E-state index is 12.3. The van der Waals surface area contributed by atoms with Crippen LogP contribution in [-0.4, -0.2) is 49.5 Å². The van der Waals surface area contributed by atoms with Crippen LogP contribution in [0.15, 0.2) is 24.3 Å². The molecular weight excluding hydrogens is 318 g/mol. The van der Waals surface area contributed by atoms with E-state index in [-0.39, 0.29) is 23.8 Å². The van der Waals surface area contributed by atoms with Gasteiger partial charge >= 0.3 is 0 Å². The number of nitrogens with one attached hydrogen (secondary N) is 2. The number of ether oxygens (including phenoxy) is 1. The van der Waals surface area contributed by atoms with Crippen LogP contribution in [0.3, 0.4) is 0 Å². The molecule has 1 heterocycles. The van der Waals surface area contributed by atoms with E-state index in [1.54, 1.807) is 7.11 Å². The van der Waals surface area contributed by atoms with Gasteiger partial charge in [-0.1, -0.05) is 18.6 Å². The first-order chi connectivity index (χ1) is 12.2. The third-order valence-corrected chi connectivity index (χ3v) is 5.08. The lowest BCUT2D eigenvalue weighted by atomic mass is 9.84. The Morgan fingerprint density at radius 1 is 1.20 bits per heavy atom. The molecular formula is C19H27N3O3. The molecule has 1 unspecified atom stereocenters. The quantitative estimate of drug-likeness (QED) is 0.827. The van der Waals surface area contributed by atoms with Gasteiger partial charge in [-0.05, 0) is 44.4 Å². The summed E-state index contributed by atoms with van der Waals surface area (Å²) < 4.78 is 5.26. The lowest BCUT2D eigenvalue weighted by Crippen LogP contribution is -2.51. The molecule has 0 aromatic heterocycles. The number of carbonyl (C=O) groups excluding carboxylic acids is 2. The Balaban J connectivity index is 1.48. The van der Waals surface area contributed by atoms with Crippen LogP contribution in [0, 0.1) is 5.92 Å². The Kier molecular flexibility index (Phi) is 5.91. The number of nitrogens with zero attached hydrogens (tertiary/aromatic N) is 1. The zero-order valence-electron chi connectivity index (χ0n) is 14.8. The molecule has 0 spiro atoms. The van der Waals surface area contributed by atoms with E-state index in [2.05, 4.69) is 15.5 Å². The highest BCUT2D eigenvalue weighted by Gasteiger charge is 2.29. The van der Waals surface area contributed by atoms with Crippen molar-refractivity contribution in [2.75, 3.05) is 32.1 Å². The molecule has 1 aliphatic heterocycles. The maximum Gasteiger partial charge on any atom is 0.238 e. The predicted octanol–water partition coefficient (Wildman–Crippen LogP) is 2.01. The monoisotopic (exact) mass is 345 g/mol. The first-order valence-corrected chi connectivity index (χ1v) is 9.11. The Morgan fingerprint density at radius 2 is 2.00 bits per heavy atom. The van der Waals surface area contributed by atoms with E-state index >= 15 is 0 Å². The molecule has 1 saturated carbocycles. The van der Waals surface area contributed by atoms with Crippen LogP contribution in [0.5, 0.6) is 5.75 Å². The highest BCUT2D eigenvalue weighted by Crippen LogP contribution is 2.27. The molecule has 0 radical (unpaired) electrons. The second-order valence-electron chi connectivity index (χ2n) is 6.96. The average Bonchev–Trinajstić information content (AvgIpc) is 2.53. The molecule has 25 heavy (non-hydrogen) atoms. The average molecular weight is 345 g/mol. The van der Waals surface area contributed by atoms with E-state index in [4.69, 9.17) is 4.74 Å². The van der Waals surface area contributed by atoms with Crippen molar-refractivity contribution >= 4 is 17.5 Å². The van der Waals surface area contributed by atoms with E-state index < -0.39 is 0 Å². The Labute approximate surface area is 148 Å². The Bertz CT molecular complexity index is 616. The van der Waals surface area contributed by atoms with Crippen molar-refractivity contribution in [2.45, 2.75) is 38.1 Å². The molecule has 1 aliphatic carbocycles. The first-order valence-electron chi connectivity index (χ1n) is 9.11. The first kappa shape index (κ1) is 17.7. The van der Waals surface area contributed by atoms with Crippen molar-refractivity contribution in [1.82, 2.24) is 10.2 Å². The lowest BCUT2D eigenvalue weighted by molar-refractivity contribution is -0.128. The molecule has 2 amide bonds. The van der Waals surface area contributed by atoms with Crippen LogP contribution in [0.2, 0.25) is 0 Å². The summed E-state index contributed by atoms with van der Waals surface area (Å²) >= 11 is 0. The minimum absolute atomic E-state index is 0.0598. The van der Waals surface area contributed by atoms with Crippen LogP contribution in [0.25, 0.3) is 0 Å². The smallest absolute Gasteiger partial charge is 0.238 e.